The summed E-state index contributed by atoms with van der Waals surface area (Å²) in [5.41, 5.74) is 7.91. The maximum Gasteiger partial charge on any atom is 4.00 e. The van der Waals surface area contributed by atoms with Crippen LogP contribution in [-0.2, 0) is 21.7 Å². The van der Waals surface area contributed by atoms with Gasteiger partial charge >= 0.3 is 21.7 Å². The maximum atomic E-state index is 6.94. The minimum absolute atomic E-state index is 0. The normalized spacial score (nSPS) is 11.5. The van der Waals surface area contributed by atoms with Gasteiger partial charge in [-0.15, -0.1) is 17.7 Å². The predicted molar refractivity (Wildman–Crippen MR) is 89.4 cm³/mol. The van der Waals surface area contributed by atoms with Crippen molar-refractivity contribution >= 4 is 16.7 Å². The molecule has 0 atom stereocenters. The van der Waals surface area contributed by atoms with Crippen LogP contribution in [0.1, 0.15) is 27.2 Å². The Labute approximate surface area is 139 Å². The zero-order chi connectivity index (χ0) is 11.3. The summed E-state index contributed by atoms with van der Waals surface area (Å²) >= 11 is 0. The molecule has 1 heterocycles. The van der Waals surface area contributed by atoms with E-state index in [1.807, 2.05) is 51.4 Å². The number of hydrogen-bond acceptors (Lipinski definition) is 0. The number of nitrogens with one attached hydrogen (secondary N) is 1. The fourth-order valence-corrected chi connectivity index (χ4v) is 1.07. The molecule has 0 spiro atoms. The third-order valence-corrected chi connectivity index (χ3v) is 1.58. The zero-order valence-electron chi connectivity index (χ0n) is 12.1. The van der Waals surface area contributed by atoms with Crippen molar-refractivity contribution in [3.8, 4) is 0 Å². The minimum atomic E-state index is -0.250. The zero-order valence-corrected chi connectivity index (χ0v) is 13.7. The summed E-state index contributed by atoms with van der Waals surface area (Å²) in [5, 5.41) is 0. The predicted octanol–water partition coefficient (Wildman–Crippen LogP) is 3.38. The van der Waals surface area contributed by atoms with Gasteiger partial charge in [0.05, 0.1) is 0 Å². The third-order valence-electron chi connectivity index (χ3n) is 1.58. The van der Waals surface area contributed by atoms with Gasteiger partial charge in [0.1, 0.15) is 0 Å². The van der Waals surface area contributed by atoms with Crippen LogP contribution in [0.3, 0.4) is 0 Å². The molecule has 1 aliphatic rings. The van der Waals surface area contributed by atoms with Crippen LogP contribution in [0.5, 0.6) is 0 Å². The molecular formula is C15H28N2SiTi. The van der Waals surface area contributed by atoms with Crippen LogP contribution in [0.15, 0.2) is 36.7 Å². The SMILES string of the molecule is CC(C)(C)[NH-].[C-]1=CC(n2cccc2)=CC1.[CH3-].[CH3-].[SiH4].[Ti+4]. The van der Waals surface area contributed by atoms with Gasteiger partial charge in [-0.2, -0.15) is 6.08 Å². The van der Waals surface area contributed by atoms with Crippen LogP contribution in [0.25, 0.3) is 11.4 Å². The Bertz CT molecular complexity index is 343. The molecule has 1 aliphatic carbocycles. The molecule has 0 bridgehead atoms. The Morgan fingerprint density at radius 1 is 1.16 bits per heavy atom. The number of hydrogen-bond donors (Lipinski definition) is 0. The van der Waals surface area contributed by atoms with E-state index < -0.39 is 0 Å². The first kappa shape index (κ1) is 27.1. The molecule has 106 valence electrons. The molecule has 0 radical (unpaired) electrons. The monoisotopic (exact) mass is 312 g/mol. The van der Waals surface area contributed by atoms with Crippen LogP contribution < -0.4 is 0 Å². The first-order valence-electron chi connectivity index (χ1n) is 5.12. The maximum absolute atomic E-state index is 6.94. The van der Waals surface area contributed by atoms with Crippen molar-refractivity contribution in [2.45, 2.75) is 32.7 Å². The van der Waals surface area contributed by atoms with Gasteiger partial charge in [0, 0.05) is 0 Å². The molecule has 2 rings (SSSR count). The number of rotatable bonds is 1. The van der Waals surface area contributed by atoms with Crippen molar-refractivity contribution in [2.24, 2.45) is 0 Å². The average Bonchev–Trinajstić information content (AvgIpc) is 2.73. The van der Waals surface area contributed by atoms with Crippen LogP contribution in [0.2, 0.25) is 0 Å². The third kappa shape index (κ3) is 13.9. The summed E-state index contributed by atoms with van der Waals surface area (Å²) in [7, 11) is 0. The molecule has 1 aromatic heterocycles. The number of aromatic nitrogens is 1. The molecule has 1 aromatic rings. The summed E-state index contributed by atoms with van der Waals surface area (Å²) in [6.45, 7) is 5.56. The fraction of sp³-hybridized carbons (Fsp3) is 0.333. The summed E-state index contributed by atoms with van der Waals surface area (Å²) in [6.07, 6.45) is 12.3. The summed E-state index contributed by atoms with van der Waals surface area (Å²) in [5.74, 6) is 0. The smallest absolute Gasteiger partial charge is 0.673 e. The van der Waals surface area contributed by atoms with Crippen molar-refractivity contribution < 1.29 is 21.7 Å². The first-order valence-corrected chi connectivity index (χ1v) is 5.12. The van der Waals surface area contributed by atoms with Gasteiger partial charge < -0.3 is 25.2 Å². The van der Waals surface area contributed by atoms with Crippen molar-refractivity contribution in [2.75, 3.05) is 0 Å². The van der Waals surface area contributed by atoms with Gasteiger partial charge in [-0.3, -0.25) is 6.08 Å². The van der Waals surface area contributed by atoms with E-state index in [9.17, 15) is 0 Å². The average molecular weight is 312 g/mol. The molecule has 0 amide bonds. The number of nitrogens with zero attached hydrogens (tertiary/aromatic N) is 1. The van der Waals surface area contributed by atoms with Gasteiger partial charge in [0.25, 0.3) is 0 Å². The summed E-state index contributed by atoms with van der Waals surface area (Å²) in [6, 6.07) is 4.04. The van der Waals surface area contributed by atoms with Crippen LogP contribution in [0, 0.1) is 20.9 Å². The van der Waals surface area contributed by atoms with Crippen LogP contribution in [-0.4, -0.2) is 21.1 Å². The van der Waals surface area contributed by atoms with E-state index in [4.69, 9.17) is 5.73 Å². The fourth-order valence-electron chi connectivity index (χ4n) is 1.07. The van der Waals surface area contributed by atoms with Gasteiger partial charge in [-0.1, -0.05) is 20.8 Å². The van der Waals surface area contributed by atoms with Crippen molar-refractivity contribution in [1.29, 1.82) is 0 Å². The molecule has 0 aliphatic heterocycles. The van der Waals surface area contributed by atoms with Gasteiger partial charge in [-0.25, -0.2) is 6.08 Å². The summed E-state index contributed by atoms with van der Waals surface area (Å²) in [4.78, 5) is 0. The second-order valence-electron chi connectivity index (χ2n) is 4.52. The standard InChI is InChI=1S/C9H8N.C4H10N.2CH3.H4Si.Ti/c1-2-6-9(5-1)10-7-3-4-8-10;1-4(2,3)5;;;;/h3-8H,1H2;5H,1-3H3;2*1H3;1H4;/q4*-1;;+4. The largest absolute Gasteiger partial charge is 4.00 e. The molecule has 0 unspecified atom stereocenters. The topological polar surface area (TPSA) is 28.7 Å². The summed E-state index contributed by atoms with van der Waals surface area (Å²) < 4.78 is 2.08. The Morgan fingerprint density at radius 2 is 1.58 bits per heavy atom. The second kappa shape index (κ2) is 12.7. The van der Waals surface area contributed by atoms with Gasteiger partial charge in [0.15, 0.2) is 0 Å². The first-order chi connectivity index (χ1) is 6.97. The Balaban J connectivity index is -0.000000113. The van der Waals surface area contributed by atoms with Crippen LogP contribution >= 0.6 is 0 Å². The molecule has 0 fully saturated rings. The van der Waals surface area contributed by atoms with Crippen molar-refractivity contribution in [3.05, 3.63) is 63.3 Å². The van der Waals surface area contributed by atoms with Gasteiger partial charge in [-0.05, 0) is 35.5 Å². The number of allylic oxidation sites excluding steroid dienone is 4. The minimum Gasteiger partial charge on any atom is -0.673 e. The second-order valence-corrected chi connectivity index (χ2v) is 4.52. The molecule has 0 aromatic carbocycles. The van der Waals surface area contributed by atoms with E-state index >= 15 is 0 Å². The van der Waals surface area contributed by atoms with Gasteiger partial charge in [0.2, 0.25) is 0 Å². The molecule has 19 heavy (non-hydrogen) atoms. The quantitative estimate of drug-likeness (QED) is 0.562. The van der Waals surface area contributed by atoms with Crippen LogP contribution in [0.4, 0.5) is 0 Å². The van der Waals surface area contributed by atoms with E-state index in [0.717, 1.165) is 6.42 Å². The van der Waals surface area contributed by atoms with Crippen molar-refractivity contribution in [1.82, 2.24) is 4.57 Å². The van der Waals surface area contributed by atoms with E-state index in [1.165, 1.54) is 5.70 Å². The Kier molecular flexibility index (Phi) is 18.1. The van der Waals surface area contributed by atoms with E-state index in [2.05, 4.69) is 16.7 Å². The van der Waals surface area contributed by atoms with E-state index in [1.54, 1.807) is 0 Å². The Hall–Kier alpha value is -0.349. The molecule has 0 saturated heterocycles. The molecular weight excluding hydrogens is 284 g/mol. The van der Waals surface area contributed by atoms with E-state index in [-0.39, 0.29) is 53.1 Å². The molecule has 4 heteroatoms. The van der Waals surface area contributed by atoms with E-state index in [0.29, 0.717) is 0 Å². The Morgan fingerprint density at radius 3 is 1.89 bits per heavy atom. The molecule has 2 nitrogen and oxygen atoms in total. The van der Waals surface area contributed by atoms with Crippen molar-refractivity contribution in [3.63, 3.8) is 0 Å². The molecule has 0 saturated carbocycles. The molecule has 1 N–H and O–H groups in total.